The first-order valence-corrected chi connectivity index (χ1v) is 19.2. The Hall–Kier alpha value is -1.09. The van der Waals surface area contributed by atoms with Gasteiger partial charge in [-0.3, -0.25) is 0 Å². The first-order chi connectivity index (χ1) is 19.3. The van der Waals surface area contributed by atoms with Crippen LogP contribution in [0.5, 0.6) is 0 Å². The fraction of sp³-hybridized carbons (Fsp3) is 0.667. The fourth-order valence-corrected chi connectivity index (χ4v) is 12.6. The highest BCUT2D eigenvalue weighted by Gasteiger charge is 2.34. The Morgan fingerprint density at radius 1 is 0.364 bits per heavy atom. The minimum Gasteiger partial charge on any atom is -0.462 e. The van der Waals surface area contributed by atoms with Crippen molar-refractivity contribution in [2.24, 2.45) is 0 Å². The molecule has 44 heavy (non-hydrogen) atoms. The van der Waals surface area contributed by atoms with E-state index in [9.17, 15) is 0 Å². The Morgan fingerprint density at radius 3 is 0.750 bits per heavy atom. The predicted octanol–water partition coefficient (Wildman–Crippen LogP) is 13.4. The maximum absolute atomic E-state index is 2.57. The molecule has 0 aromatic heterocycles. The third-order valence-corrected chi connectivity index (χ3v) is 14.3. The highest BCUT2D eigenvalue weighted by Crippen LogP contribution is 2.58. The topological polar surface area (TPSA) is 0 Å². The molecule has 0 aliphatic carbocycles. The van der Waals surface area contributed by atoms with Crippen molar-refractivity contribution in [3.63, 3.8) is 0 Å². The molecule has 1 aliphatic rings. The van der Waals surface area contributed by atoms with Gasteiger partial charge in [0.15, 0.2) is 0 Å². The van der Waals surface area contributed by atoms with E-state index in [1.54, 1.807) is 21.2 Å². The van der Waals surface area contributed by atoms with Crippen LogP contribution in [0.4, 0.5) is 0 Å². The van der Waals surface area contributed by atoms with Crippen molar-refractivity contribution in [1.29, 1.82) is 0 Å². The van der Waals surface area contributed by atoms with Crippen molar-refractivity contribution >= 4 is 25.8 Å². The van der Waals surface area contributed by atoms with Crippen molar-refractivity contribution in [1.82, 2.24) is 0 Å². The first kappa shape index (κ1) is 37.4. The van der Waals surface area contributed by atoms with E-state index < -0.39 is 7.17 Å². The predicted molar refractivity (Wildman–Crippen MR) is 207 cm³/mol. The van der Waals surface area contributed by atoms with E-state index in [0.29, 0.717) is 0 Å². The number of hydrogen-bond acceptors (Lipinski definition) is 0. The van der Waals surface area contributed by atoms with E-state index in [1.165, 1.54) is 42.0 Å². The van der Waals surface area contributed by atoms with Gasteiger partial charge < -0.3 is 8.58 Å². The van der Waals surface area contributed by atoms with Gasteiger partial charge in [-0.1, -0.05) is 170 Å². The lowest BCUT2D eigenvalue weighted by Crippen LogP contribution is -2.31. The van der Waals surface area contributed by atoms with E-state index in [4.69, 9.17) is 0 Å². The Labute approximate surface area is 276 Å². The molecule has 1 heterocycles. The average Bonchev–Trinajstić information content (AvgIpc) is 2.72. The summed E-state index contributed by atoms with van der Waals surface area (Å²) in [7, 11) is 0.908. The van der Waals surface area contributed by atoms with Gasteiger partial charge in [0.1, 0.15) is 0 Å². The second kappa shape index (κ2) is 11.3. The van der Waals surface area contributed by atoms with Crippen LogP contribution in [0.2, 0.25) is 0 Å². The molecule has 2 aromatic carbocycles. The van der Waals surface area contributed by atoms with Crippen LogP contribution in [0.3, 0.4) is 0 Å². The summed E-state index contributed by atoms with van der Waals surface area (Å²) in [4.78, 5) is 0. The van der Waals surface area contributed by atoms with Gasteiger partial charge in [0.2, 0.25) is 0 Å². The summed E-state index contributed by atoms with van der Waals surface area (Å²) < 4.78 is 0. The fourth-order valence-electron chi connectivity index (χ4n) is 6.22. The molecule has 0 fully saturated rings. The maximum atomic E-state index is 2.57. The quantitative estimate of drug-likeness (QED) is 0.289. The molecule has 0 saturated carbocycles. The Morgan fingerprint density at radius 2 is 0.591 bits per heavy atom. The standard InChI is InChI=1S/C42H67P2/c1-36(2,3)26-22-28(38(7,8)9)32(29(23-26)39(10,11)12)34-43-35(44(34)42(19,20)21)33-30(40(13,14)15)24-27(37(4,5)6)25-31(33)41(16,17)18/h22-25H,1-21H3/q-1. The zero-order valence-electron chi connectivity index (χ0n) is 32.7. The number of rotatable bonds is 2. The summed E-state index contributed by atoms with van der Waals surface area (Å²) in [6, 6.07) is 10.3. The molecule has 0 saturated heterocycles. The van der Waals surface area contributed by atoms with Crippen LogP contribution >= 0.6 is 15.7 Å². The van der Waals surface area contributed by atoms with E-state index in [-0.39, 0.29) is 37.6 Å². The zero-order valence-corrected chi connectivity index (χ0v) is 34.5. The normalized spacial score (nSPS) is 17.4. The first-order valence-electron chi connectivity index (χ1n) is 16.9. The zero-order chi connectivity index (χ0) is 34.4. The summed E-state index contributed by atoms with van der Waals surface area (Å²) >= 11 is 0. The molecule has 0 amide bonds. The Balaban J connectivity index is 2.71. The van der Waals surface area contributed by atoms with Crippen molar-refractivity contribution in [3.05, 3.63) is 68.8 Å². The van der Waals surface area contributed by atoms with Crippen LogP contribution in [0.1, 0.15) is 190 Å². The van der Waals surface area contributed by atoms with Gasteiger partial charge in [0.05, 0.1) is 0 Å². The van der Waals surface area contributed by atoms with Gasteiger partial charge in [-0.25, -0.2) is 0 Å². The highest BCUT2D eigenvalue weighted by molar-refractivity contribution is 8.07. The lowest BCUT2D eigenvalue weighted by atomic mass is 9.72. The Bertz CT molecular complexity index is 1340. The molecule has 246 valence electrons. The Kier molecular flexibility index (Phi) is 9.57. The van der Waals surface area contributed by atoms with Crippen molar-refractivity contribution < 1.29 is 0 Å². The number of hydrogen-bond donors (Lipinski definition) is 0. The number of benzene rings is 2. The maximum Gasteiger partial charge on any atom is -0.00377 e. The van der Waals surface area contributed by atoms with Gasteiger partial charge in [-0.15, -0.1) is 0 Å². The minimum absolute atomic E-state index is 0.0508. The van der Waals surface area contributed by atoms with Crippen LogP contribution in [-0.2, 0) is 32.5 Å². The van der Waals surface area contributed by atoms with Crippen LogP contribution < -0.4 is 0 Å². The highest BCUT2D eigenvalue weighted by atomic mass is 31.2. The minimum atomic E-state index is -0.526. The van der Waals surface area contributed by atoms with Gasteiger partial charge >= 0.3 is 0 Å². The van der Waals surface area contributed by atoms with E-state index in [1.807, 2.05) is 0 Å². The summed E-state index contributed by atoms with van der Waals surface area (Å²) in [5.41, 5.74) is 12.6. The van der Waals surface area contributed by atoms with E-state index >= 15 is 0 Å². The second-order valence-electron chi connectivity index (χ2n) is 20.7. The smallest absolute Gasteiger partial charge is 0.00377 e. The molecule has 0 atom stereocenters. The molecule has 0 bridgehead atoms. The molecule has 0 nitrogen and oxygen atoms in total. The van der Waals surface area contributed by atoms with Crippen molar-refractivity contribution in [2.75, 3.05) is 0 Å². The molecule has 1 aliphatic heterocycles. The molecule has 0 spiro atoms. The third-order valence-electron chi connectivity index (χ3n) is 8.99. The van der Waals surface area contributed by atoms with Crippen molar-refractivity contribution in [3.8, 4) is 0 Å². The van der Waals surface area contributed by atoms with Gasteiger partial charge in [-0.05, 0) is 82.2 Å². The molecule has 0 N–H and O–H groups in total. The van der Waals surface area contributed by atoms with Crippen LogP contribution in [0.15, 0.2) is 24.3 Å². The third kappa shape index (κ3) is 7.55. The largest absolute Gasteiger partial charge is 0.462 e. The molecular formula is C42H67P2-. The lowest BCUT2D eigenvalue weighted by molar-refractivity contribution is 0.546. The van der Waals surface area contributed by atoms with Crippen LogP contribution in [0.25, 0.3) is 0 Å². The van der Waals surface area contributed by atoms with E-state index in [2.05, 4.69) is 170 Å². The van der Waals surface area contributed by atoms with Gasteiger partial charge in [-0.2, -0.15) is 17.2 Å². The molecule has 2 heteroatoms. The van der Waals surface area contributed by atoms with Gasteiger partial charge in [0, 0.05) is 0 Å². The van der Waals surface area contributed by atoms with Crippen LogP contribution in [-0.4, -0.2) is 15.2 Å². The summed E-state index contributed by atoms with van der Waals surface area (Å²) in [6.07, 6.45) is 0. The average molecular weight is 634 g/mol. The van der Waals surface area contributed by atoms with Gasteiger partial charge in [0.25, 0.3) is 0 Å². The molecule has 0 radical (unpaired) electrons. The summed E-state index contributed by atoms with van der Waals surface area (Å²) in [5.74, 6) is 0. The summed E-state index contributed by atoms with van der Waals surface area (Å²) in [5, 5.41) is 3.54. The molecule has 2 aromatic rings. The van der Waals surface area contributed by atoms with Crippen LogP contribution in [0, 0.1) is 0 Å². The molecule has 3 rings (SSSR count). The second-order valence-corrected chi connectivity index (χ2v) is 25.4. The van der Waals surface area contributed by atoms with Crippen molar-refractivity contribution in [2.45, 2.75) is 183 Å². The monoisotopic (exact) mass is 633 g/mol. The molecule has 0 unspecified atom stereocenters. The molecular weight excluding hydrogens is 566 g/mol. The van der Waals surface area contributed by atoms with E-state index in [0.717, 1.165) is 0 Å². The lowest BCUT2D eigenvalue weighted by Gasteiger charge is -2.50. The SMILES string of the molecule is CC(C)(C)c1cc(C(C)(C)C)c(C2=P(C(C)(C)C)=C(c3c(C(C)(C)C)cc(C(C)(C)C)cc3C(C)(C)C)[P-]2)c(C(C)(C)C)c1. The summed E-state index contributed by atoms with van der Waals surface area (Å²) in [6.45, 7) is 50.8.